The van der Waals surface area contributed by atoms with Crippen molar-refractivity contribution in [2.45, 2.75) is 38.6 Å². The third-order valence-electron chi connectivity index (χ3n) is 4.37. The lowest BCUT2D eigenvalue weighted by molar-refractivity contribution is -0.129. The minimum atomic E-state index is -0.738. The van der Waals surface area contributed by atoms with Crippen LogP contribution in [-0.2, 0) is 22.4 Å². The zero-order chi connectivity index (χ0) is 19.1. The summed E-state index contributed by atoms with van der Waals surface area (Å²) in [7, 11) is 0. The molecule has 0 spiro atoms. The molecule has 1 atom stereocenters. The predicted molar refractivity (Wildman–Crippen MR) is 101 cm³/mol. The largest absolute Gasteiger partial charge is 0.484 e. The normalized spacial score (nSPS) is 14.4. The second-order valence-electron chi connectivity index (χ2n) is 6.47. The highest BCUT2D eigenvalue weighted by atomic mass is 16.5. The van der Waals surface area contributed by atoms with E-state index in [1.807, 2.05) is 12.1 Å². The summed E-state index contributed by atoms with van der Waals surface area (Å²) in [5.74, 6) is 0.390. The van der Waals surface area contributed by atoms with Gasteiger partial charge in [0.15, 0.2) is 6.61 Å². The molecule has 0 saturated carbocycles. The van der Waals surface area contributed by atoms with Gasteiger partial charge in [0.25, 0.3) is 11.8 Å². The van der Waals surface area contributed by atoms with Crippen LogP contribution < -0.4 is 15.5 Å². The summed E-state index contributed by atoms with van der Waals surface area (Å²) < 4.78 is 10.6. The molecule has 27 heavy (non-hydrogen) atoms. The van der Waals surface area contributed by atoms with Crippen LogP contribution in [0.2, 0.25) is 0 Å². The van der Waals surface area contributed by atoms with Gasteiger partial charge in [0, 0.05) is 0 Å². The zero-order valence-corrected chi connectivity index (χ0v) is 15.2. The van der Waals surface area contributed by atoms with E-state index in [1.165, 1.54) is 36.4 Å². The van der Waals surface area contributed by atoms with Gasteiger partial charge in [0.2, 0.25) is 0 Å². The van der Waals surface area contributed by atoms with E-state index in [1.54, 1.807) is 19.1 Å². The average Bonchev–Trinajstić information content (AvgIpc) is 3.19. The summed E-state index contributed by atoms with van der Waals surface area (Å²) in [6, 6.07) is 8.64. The van der Waals surface area contributed by atoms with Crippen LogP contribution >= 0.6 is 0 Å². The standard InChI is InChI=1S/C20H23N3O4/c1-14(20(25)23-21-12-18-7-4-10-26-18)22-19(24)13-27-17-9-8-15-5-2-3-6-16(15)11-17/h4,7-12,14H,2-3,5-6,13H2,1H3,(H,22,24)(H,23,25)/b21-12-/t14-/m1/s1. The molecule has 0 bridgehead atoms. The van der Waals surface area contributed by atoms with Gasteiger partial charge in [-0.25, -0.2) is 5.43 Å². The maximum Gasteiger partial charge on any atom is 0.262 e. The Labute approximate surface area is 157 Å². The van der Waals surface area contributed by atoms with E-state index in [4.69, 9.17) is 9.15 Å². The predicted octanol–water partition coefficient (Wildman–Crippen LogP) is 2.19. The monoisotopic (exact) mass is 369 g/mol. The molecule has 1 aromatic carbocycles. The molecule has 3 rings (SSSR count). The van der Waals surface area contributed by atoms with E-state index >= 15 is 0 Å². The fourth-order valence-corrected chi connectivity index (χ4v) is 2.92. The number of hydrogen-bond donors (Lipinski definition) is 2. The fraction of sp³-hybridized carbons (Fsp3) is 0.350. The third kappa shape index (κ3) is 5.44. The summed E-state index contributed by atoms with van der Waals surface area (Å²) >= 11 is 0. The highest BCUT2D eigenvalue weighted by Gasteiger charge is 2.16. The van der Waals surface area contributed by atoms with Crippen molar-refractivity contribution >= 4 is 18.0 Å². The van der Waals surface area contributed by atoms with Gasteiger partial charge >= 0.3 is 0 Å². The Balaban J connectivity index is 1.42. The maximum absolute atomic E-state index is 12.0. The molecule has 1 aromatic heterocycles. The van der Waals surface area contributed by atoms with Gasteiger partial charge in [-0.3, -0.25) is 9.59 Å². The molecule has 2 amide bonds. The van der Waals surface area contributed by atoms with Crippen LogP contribution in [0.1, 0.15) is 36.7 Å². The van der Waals surface area contributed by atoms with E-state index in [9.17, 15) is 9.59 Å². The van der Waals surface area contributed by atoms with Gasteiger partial charge < -0.3 is 14.5 Å². The molecule has 7 nitrogen and oxygen atoms in total. The number of amides is 2. The van der Waals surface area contributed by atoms with Crippen molar-refractivity contribution < 1.29 is 18.7 Å². The van der Waals surface area contributed by atoms with Gasteiger partial charge in [-0.15, -0.1) is 0 Å². The number of aryl methyl sites for hydroxylation is 2. The number of nitrogens with zero attached hydrogens (tertiary/aromatic N) is 1. The van der Waals surface area contributed by atoms with Crippen molar-refractivity contribution in [3.63, 3.8) is 0 Å². The number of carbonyl (C=O) groups is 2. The van der Waals surface area contributed by atoms with Crippen molar-refractivity contribution in [1.29, 1.82) is 0 Å². The summed E-state index contributed by atoms with van der Waals surface area (Å²) in [5.41, 5.74) is 5.00. The van der Waals surface area contributed by atoms with Gasteiger partial charge in [-0.05, 0) is 68.0 Å². The Kier molecular flexibility index (Phi) is 6.25. The number of hydrogen-bond acceptors (Lipinski definition) is 5. The average molecular weight is 369 g/mol. The number of carbonyl (C=O) groups excluding carboxylic acids is 2. The van der Waals surface area contributed by atoms with Gasteiger partial charge in [0.05, 0.1) is 12.5 Å². The van der Waals surface area contributed by atoms with E-state index in [0.29, 0.717) is 11.5 Å². The number of fused-ring (bicyclic) bond motifs is 1. The van der Waals surface area contributed by atoms with Crippen LogP contribution in [0.15, 0.2) is 46.1 Å². The number of rotatable bonds is 7. The fourth-order valence-electron chi connectivity index (χ4n) is 2.92. The summed E-state index contributed by atoms with van der Waals surface area (Å²) in [6.45, 7) is 1.43. The first kappa shape index (κ1) is 18.7. The van der Waals surface area contributed by atoms with Crippen LogP contribution in [0, 0.1) is 0 Å². The van der Waals surface area contributed by atoms with Crippen molar-refractivity contribution in [2.24, 2.45) is 5.10 Å². The summed E-state index contributed by atoms with van der Waals surface area (Å²) in [6.07, 6.45) is 7.45. The van der Waals surface area contributed by atoms with Crippen LogP contribution in [0.4, 0.5) is 0 Å². The molecule has 0 aliphatic heterocycles. The van der Waals surface area contributed by atoms with E-state index in [-0.39, 0.29) is 12.5 Å². The lowest BCUT2D eigenvalue weighted by Gasteiger charge is -2.17. The number of hydrazone groups is 1. The van der Waals surface area contributed by atoms with Crippen molar-refractivity contribution in [3.8, 4) is 5.75 Å². The molecule has 2 aromatic rings. The topological polar surface area (TPSA) is 92.9 Å². The summed E-state index contributed by atoms with van der Waals surface area (Å²) in [5, 5.41) is 6.36. The first-order valence-corrected chi connectivity index (χ1v) is 9.02. The summed E-state index contributed by atoms with van der Waals surface area (Å²) in [4.78, 5) is 23.9. The second kappa shape index (κ2) is 9.02. The highest BCUT2D eigenvalue weighted by Crippen LogP contribution is 2.25. The number of benzene rings is 1. The molecule has 0 radical (unpaired) electrons. The first-order valence-electron chi connectivity index (χ1n) is 9.02. The van der Waals surface area contributed by atoms with E-state index in [0.717, 1.165) is 12.8 Å². The number of furan rings is 1. The quantitative estimate of drug-likeness (QED) is 0.578. The highest BCUT2D eigenvalue weighted by molar-refractivity contribution is 5.88. The zero-order valence-electron chi connectivity index (χ0n) is 15.2. The van der Waals surface area contributed by atoms with Crippen LogP contribution in [0.3, 0.4) is 0 Å². The van der Waals surface area contributed by atoms with Crippen molar-refractivity contribution in [1.82, 2.24) is 10.7 Å². The molecular weight excluding hydrogens is 346 g/mol. The molecule has 0 saturated heterocycles. The van der Waals surface area contributed by atoms with Crippen LogP contribution in [-0.4, -0.2) is 30.7 Å². The molecule has 1 aliphatic carbocycles. The Morgan fingerprint density at radius 2 is 2.07 bits per heavy atom. The lowest BCUT2D eigenvalue weighted by atomic mass is 9.92. The Morgan fingerprint density at radius 3 is 2.85 bits per heavy atom. The van der Waals surface area contributed by atoms with E-state index in [2.05, 4.69) is 21.9 Å². The Bertz CT molecular complexity index is 815. The molecule has 142 valence electrons. The third-order valence-corrected chi connectivity index (χ3v) is 4.37. The number of ether oxygens (including phenoxy) is 1. The van der Waals surface area contributed by atoms with Crippen LogP contribution in [0.5, 0.6) is 5.75 Å². The van der Waals surface area contributed by atoms with Crippen LogP contribution in [0.25, 0.3) is 0 Å². The molecule has 1 heterocycles. The van der Waals surface area contributed by atoms with E-state index < -0.39 is 11.9 Å². The maximum atomic E-state index is 12.0. The molecule has 7 heteroatoms. The van der Waals surface area contributed by atoms with Crippen molar-refractivity contribution in [2.75, 3.05) is 6.61 Å². The molecular formula is C20H23N3O4. The first-order chi connectivity index (χ1) is 13.1. The SMILES string of the molecule is C[C@@H](NC(=O)COc1ccc2c(c1)CCCC2)C(=O)N/N=C\c1ccco1. The second-order valence-corrected chi connectivity index (χ2v) is 6.47. The molecule has 0 fully saturated rings. The molecule has 0 unspecified atom stereocenters. The van der Waals surface area contributed by atoms with Gasteiger partial charge in [0.1, 0.15) is 17.6 Å². The van der Waals surface area contributed by atoms with Gasteiger partial charge in [-0.1, -0.05) is 6.07 Å². The molecule has 2 N–H and O–H groups in total. The Morgan fingerprint density at radius 1 is 1.26 bits per heavy atom. The van der Waals surface area contributed by atoms with Gasteiger partial charge in [-0.2, -0.15) is 5.10 Å². The Hall–Kier alpha value is -3.09. The number of nitrogens with one attached hydrogen (secondary N) is 2. The lowest BCUT2D eigenvalue weighted by Crippen LogP contribution is -2.45. The van der Waals surface area contributed by atoms with Crippen molar-refractivity contribution in [3.05, 3.63) is 53.5 Å². The minimum absolute atomic E-state index is 0.147. The smallest absolute Gasteiger partial charge is 0.262 e. The molecule has 1 aliphatic rings. The minimum Gasteiger partial charge on any atom is -0.484 e.